The lowest BCUT2D eigenvalue weighted by Crippen LogP contribution is -2.47. The monoisotopic (exact) mass is 372 g/mol. The van der Waals surface area contributed by atoms with Crippen molar-refractivity contribution in [1.82, 2.24) is 10.6 Å². The van der Waals surface area contributed by atoms with E-state index in [9.17, 15) is 13.2 Å². The van der Waals surface area contributed by atoms with Gasteiger partial charge in [-0.25, -0.2) is 8.42 Å². The lowest BCUT2D eigenvalue weighted by molar-refractivity contribution is -0.124. The number of rotatable bonds is 6. The molecule has 1 atom stereocenters. The summed E-state index contributed by atoms with van der Waals surface area (Å²) in [5, 5.41) is 6.06. The van der Waals surface area contributed by atoms with Crippen molar-refractivity contribution in [2.45, 2.75) is 30.7 Å². The van der Waals surface area contributed by atoms with Gasteiger partial charge in [0, 0.05) is 13.1 Å². The maximum atomic E-state index is 12.2. The van der Waals surface area contributed by atoms with Gasteiger partial charge in [-0.2, -0.15) is 0 Å². The number of sulfone groups is 1. The van der Waals surface area contributed by atoms with Crippen molar-refractivity contribution in [2.75, 3.05) is 18.8 Å². The predicted molar refractivity (Wildman–Crippen MR) is 103 cm³/mol. The molecule has 0 radical (unpaired) electrons. The molecule has 0 saturated carbocycles. The molecule has 138 valence electrons. The van der Waals surface area contributed by atoms with E-state index in [-0.39, 0.29) is 17.7 Å². The Kier molecular flexibility index (Phi) is 5.74. The van der Waals surface area contributed by atoms with Gasteiger partial charge in [-0.15, -0.1) is 0 Å². The smallest absolute Gasteiger partial charge is 0.241 e. The van der Waals surface area contributed by atoms with Crippen molar-refractivity contribution in [3.8, 4) is 11.1 Å². The van der Waals surface area contributed by atoms with Crippen molar-refractivity contribution >= 4 is 15.7 Å². The summed E-state index contributed by atoms with van der Waals surface area (Å²) in [7, 11) is -3.20. The highest BCUT2D eigenvalue weighted by molar-refractivity contribution is 7.91. The molecule has 0 spiro atoms. The molecular weight excluding hydrogens is 348 g/mol. The van der Waals surface area contributed by atoms with Gasteiger partial charge in [0.1, 0.15) is 6.04 Å². The van der Waals surface area contributed by atoms with E-state index in [4.69, 9.17) is 0 Å². The average Bonchev–Trinajstić information content (AvgIpc) is 2.67. The molecule has 2 N–H and O–H groups in total. The normalized spacial score (nSPS) is 17.7. The Labute approximate surface area is 154 Å². The Bertz CT molecular complexity index is 859. The van der Waals surface area contributed by atoms with Crippen LogP contribution in [0.5, 0.6) is 0 Å². The molecule has 1 fully saturated rings. The second kappa shape index (κ2) is 8.01. The van der Waals surface area contributed by atoms with E-state index in [2.05, 4.69) is 10.6 Å². The number of carbonyl (C=O) groups is 1. The molecule has 1 aliphatic rings. The van der Waals surface area contributed by atoms with Crippen LogP contribution in [-0.4, -0.2) is 33.2 Å². The van der Waals surface area contributed by atoms with Crippen LogP contribution in [0.25, 0.3) is 11.1 Å². The van der Waals surface area contributed by atoms with Crippen LogP contribution in [-0.2, 0) is 14.6 Å². The Morgan fingerprint density at radius 2 is 1.58 bits per heavy atom. The van der Waals surface area contributed by atoms with Gasteiger partial charge >= 0.3 is 0 Å². The van der Waals surface area contributed by atoms with Crippen molar-refractivity contribution in [2.24, 2.45) is 0 Å². The summed E-state index contributed by atoms with van der Waals surface area (Å²) in [5.74, 6) is 0.180. The van der Waals surface area contributed by atoms with Gasteiger partial charge in [0.15, 0.2) is 9.84 Å². The van der Waals surface area contributed by atoms with Crippen molar-refractivity contribution < 1.29 is 13.2 Å². The van der Waals surface area contributed by atoms with Crippen molar-refractivity contribution in [3.05, 3.63) is 54.1 Å². The van der Waals surface area contributed by atoms with Crippen molar-refractivity contribution in [1.29, 1.82) is 0 Å². The summed E-state index contributed by atoms with van der Waals surface area (Å²) in [4.78, 5) is 12.3. The van der Waals surface area contributed by atoms with Gasteiger partial charge in [0.05, 0.1) is 10.6 Å². The number of benzene rings is 2. The van der Waals surface area contributed by atoms with Gasteiger partial charge < -0.3 is 10.6 Å². The molecule has 1 unspecified atom stereocenters. The van der Waals surface area contributed by atoms with Crippen LogP contribution in [0.4, 0.5) is 0 Å². The molecule has 6 heteroatoms. The summed E-state index contributed by atoms with van der Waals surface area (Å²) in [6.07, 6.45) is 1.53. The van der Waals surface area contributed by atoms with Gasteiger partial charge in [-0.3, -0.25) is 4.79 Å². The third-order valence-corrected chi connectivity index (χ3v) is 6.41. The molecule has 2 aromatic carbocycles. The molecule has 2 aromatic rings. The number of unbranched alkanes of at least 4 members (excludes halogenated alkanes) is 1. The Morgan fingerprint density at radius 1 is 0.962 bits per heavy atom. The zero-order valence-corrected chi connectivity index (χ0v) is 15.7. The fourth-order valence-electron chi connectivity index (χ4n) is 3.04. The first-order valence-corrected chi connectivity index (χ1v) is 10.6. The number of hydrogen-bond acceptors (Lipinski definition) is 4. The zero-order valence-electron chi connectivity index (χ0n) is 14.9. The summed E-state index contributed by atoms with van der Waals surface area (Å²) in [6.45, 7) is 3.39. The van der Waals surface area contributed by atoms with Crippen LogP contribution in [0.1, 0.15) is 31.4 Å². The molecule has 1 saturated heterocycles. The maximum absolute atomic E-state index is 12.2. The van der Waals surface area contributed by atoms with E-state index in [0.29, 0.717) is 17.9 Å². The lowest BCUT2D eigenvalue weighted by Gasteiger charge is -2.23. The van der Waals surface area contributed by atoms with Gasteiger partial charge in [0.25, 0.3) is 0 Å². The first-order chi connectivity index (χ1) is 12.5. The van der Waals surface area contributed by atoms with E-state index in [1.165, 1.54) is 0 Å². The van der Waals surface area contributed by atoms with E-state index < -0.39 is 9.84 Å². The fraction of sp³-hybridized carbons (Fsp3) is 0.350. The third kappa shape index (κ3) is 4.14. The highest BCUT2D eigenvalue weighted by atomic mass is 32.2. The minimum Gasteiger partial charge on any atom is -0.353 e. The lowest BCUT2D eigenvalue weighted by atomic mass is 9.99. The standard InChI is InChI=1S/C20H24N2O3S/c1-2-3-14-26(24,25)18-10-8-16(9-11-18)15-4-6-17(7-5-15)19-20(23)22-13-12-21-19/h4-11,19,21H,2-3,12-14H2,1H3,(H,22,23). The molecule has 0 aliphatic carbocycles. The topological polar surface area (TPSA) is 75.3 Å². The van der Waals surface area contributed by atoms with Crippen LogP contribution in [0.2, 0.25) is 0 Å². The number of nitrogens with one attached hydrogen (secondary N) is 2. The predicted octanol–water partition coefficient (Wildman–Crippen LogP) is 2.69. The second-order valence-electron chi connectivity index (χ2n) is 6.50. The number of amides is 1. The third-order valence-electron chi connectivity index (χ3n) is 4.59. The summed E-state index contributed by atoms with van der Waals surface area (Å²) < 4.78 is 24.5. The van der Waals surface area contributed by atoms with E-state index in [0.717, 1.165) is 29.7 Å². The van der Waals surface area contributed by atoms with E-state index >= 15 is 0 Å². The largest absolute Gasteiger partial charge is 0.353 e. The van der Waals surface area contributed by atoms with E-state index in [1.54, 1.807) is 12.1 Å². The molecular formula is C20H24N2O3S. The number of carbonyl (C=O) groups excluding carboxylic acids is 1. The van der Waals surface area contributed by atoms with E-state index in [1.807, 2.05) is 43.3 Å². The van der Waals surface area contributed by atoms with Crippen LogP contribution < -0.4 is 10.6 Å². The Balaban J connectivity index is 1.76. The van der Waals surface area contributed by atoms with Gasteiger partial charge in [0.2, 0.25) is 5.91 Å². The highest BCUT2D eigenvalue weighted by Gasteiger charge is 2.22. The molecule has 0 aromatic heterocycles. The Morgan fingerprint density at radius 3 is 2.15 bits per heavy atom. The fourth-order valence-corrected chi connectivity index (χ4v) is 4.50. The van der Waals surface area contributed by atoms with Crippen LogP contribution in [0, 0.1) is 0 Å². The summed E-state index contributed by atoms with van der Waals surface area (Å²) in [5.41, 5.74) is 2.86. The minimum absolute atomic E-state index is 0.00867. The Hall–Kier alpha value is -2.18. The first kappa shape index (κ1) is 18.6. The van der Waals surface area contributed by atoms with Crippen LogP contribution >= 0.6 is 0 Å². The number of piperazine rings is 1. The summed E-state index contributed by atoms with van der Waals surface area (Å²) >= 11 is 0. The zero-order chi connectivity index (χ0) is 18.6. The average molecular weight is 372 g/mol. The molecule has 0 bridgehead atoms. The first-order valence-electron chi connectivity index (χ1n) is 8.95. The van der Waals surface area contributed by atoms with Gasteiger partial charge in [-0.1, -0.05) is 49.7 Å². The molecule has 1 aliphatic heterocycles. The quantitative estimate of drug-likeness (QED) is 0.817. The summed E-state index contributed by atoms with van der Waals surface area (Å²) in [6, 6.07) is 14.5. The molecule has 1 amide bonds. The molecule has 26 heavy (non-hydrogen) atoms. The maximum Gasteiger partial charge on any atom is 0.241 e. The molecule has 1 heterocycles. The SMILES string of the molecule is CCCCS(=O)(=O)c1ccc(-c2ccc(C3NCCNC3=O)cc2)cc1. The van der Waals surface area contributed by atoms with Crippen LogP contribution in [0.3, 0.4) is 0 Å². The molecule has 3 rings (SSSR count). The highest BCUT2D eigenvalue weighted by Crippen LogP contribution is 2.24. The molecule has 5 nitrogen and oxygen atoms in total. The second-order valence-corrected chi connectivity index (χ2v) is 8.61. The van der Waals surface area contributed by atoms with Gasteiger partial charge in [-0.05, 0) is 35.2 Å². The minimum atomic E-state index is -3.20. The van der Waals surface area contributed by atoms with Crippen molar-refractivity contribution in [3.63, 3.8) is 0 Å². The number of hydrogen-bond donors (Lipinski definition) is 2. The van der Waals surface area contributed by atoms with Crippen LogP contribution in [0.15, 0.2) is 53.4 Å².